The van der Waals surface area contributed by atoms with Crippen molar-refractivity contribution in [3.8, 4) is 11.5 Å². The molecular weight excluding hydrogens is 282 g/mol. The summed E-state index contributed by atoms with van der Waals surface area (Å²) in [6.07, 6.45) is 3.85. The van der Waals surface area contributed by atoms with Gasteiger partial charge in [-0.15, -0.1) is 0 Å². The second-order valence-corrected chi connectivity index (χ2v) is 5.85. The van der Waals surface area contributed by atoms with E-state index in [2.05, 4.69) is 0 Å². The van der Waals surface area contributed by atoms with Crippen molar-refractivity contribution in [1.29, 1.82) is 0 Å². The monoisotopic (exact) mass is 305 g/mol. The lowest BCUT2D eigenvalue weighted by molar-refractivity contribution is -0.143. The predicted octanol–water partition coefficient (Wildman–Crippen LogP) is 2.03. The topological polar surface area (TPSA) is 48.0 Å². The quantitative estimate of drug-likeness (QED) is 0.854. The fourth-order valence-electron chi connectivity index (χ4n) is 3.50. The van der Waals surface area contributed by atoms with Gasteiger partial charge in [-0.2, -0.15) is 0 Å². The van der Waals surface area contributed by atoms with Crippen LogP contribution in [0.3, 0.4) is 0 Å². The number of methoxy groups -OCH3 is 2. The van der Waals surface area contributed by atoms with E-state index >= 15 is 0 Å². The van der Waals surface area contributed by atoms with Crippen molar-refractivity contribution in [3.63, 3.8) is 0 Å². The molecular formula is C17H23NO4. The Morgan fingerprint density at radius 3 is 2.95 bits per heavy atom. The van der Waals surface area contributed by atoms with E-state index in [1.807, 2.05) is 23.1 Å². The van der Waals surface area contributed by atoms with E-state index in [4.69, 9.17) is 14.2 Å². The van der Waals surface area contributed by atoms with E-state index in [-0.39, 0.29) is 18.1 Å². The minimum atomic E-state index is 0.156. The van der Waals surface area contributed by atoms with Gasteiger partial charge in [0.25, 0.3) is 0 Å². The molecule has 0 radical (unpaired) electrons. The Morgan fingerprint density at radius 2 is 2.18 bits per heavy atom. The Kier molecular flexibility index (Phi) is 4.52. The molecule has 0 unspecified atom stereocenters. The minimum absolute atomic E-state index is 0.156. The molecule has 1 aliphatic heterocycles. The maximum absolute atomic E-state index is 12.7. The average molecular weight is 305 g/mol. The highest BCUT2D eigenvalue weighted by atomic mass is 16.5. The van der Waals surface area contributed by atoms with Gasteiger partial charge in [-0.3, -0.25) is 4.79 Å². The second kappa shape index (κ2) is 6.57. The molecule has 2 aliphatic rings. The Labute approximate surface area is 131 Å². The molecule has 1 aromatic carbocycles. The third-order valence-electron chi connectivity index (χ3n) is 4.64. The number of morpholine rings is 1. The van der Waals surface area contributed by atoms with Crippen LogP contribution >= 0.6 is 0 Å². The van der Waals surface area contributed by atoms with Crippen molar-refractivity contribution in [2.45, 2.75) is 37.8 Å². The van der Waals surface area contributed by atoms with E-state index in [1.165, 1.54) is 0 Å². The Bertz CT molecular complexity index is 545. The number of hydrogen-bond donors (Lipinski definition) is 0. The number of ether oxygens (including phenoxy) is 3. The van der Waals surface area contributed by atoms with Gasteiger partial charge in [0.05, 0.1) is 39.4 Å². The van der Waals surface area contributed by atoms with Crippen LogP contribution < -0.4 is 9.47 Å². The standard InChI is InChI=1S/C17H23NO4/c1-20-13-7-6-12(16(11-13)21-2)10-17(19)18-8-9-22-15-5-3-4-14(15)18/h6-7,11,14-15H,3-5,8-10H2,1-2H3/t14-,15-/m1/s1. The highest BCUT2D eigenvalue weighted by Gasteiger charge is 2.38. The molecule has 2 fully saturated rings. The number of hydrogen-bond acceptors (Lipinski definition) is 4. The van der Waals surface area contributed by atoms with E-state index < -0.39 is 0 Å². The van der Waals surface area contributed by atoms with Gasteiger partial charge < -0.3 is 19.1 Å². The molecule has 1 aliphatic carbocycles. The molecule has 2 atom stereocenters. The first-order valence-corrected chi connectivity index (χ1v) is 7.85. The van der Waals surface area contributed by atoms with E-state index in [0.717, 1.165) is 30.6 Å². The molecule has 1 saturated heterocycles. The molecule has 0 bridgehead atoms. The summed E-state index contributed by atoms with van der Waals surface area (Å²) < 4.78 is 16.4. The summed E-state index contributed by atoms with van der Waals surface area (Å²) >= 11 is 0. The van der Waals surface area contributed by atoms with Crippen molar-refractivity contribution < 1.29 is 19.0 Å². The zero-order valence-corrected chi connectivity index (χ0v) is 13.2. The summed E-state index contributed by atoms with van der Waals surface area (Å²) in [5.41, 5.74) is 0.898. The minimum Gasteiger partial charge on any atom is -0.497 e. The lowest BCUT2D eigenvalue weighted by Crippen LogP contribution is -2.51. The Morgan fingerprint density at radius 1 is 1.32 bits per heavy atom. The molecule has 1 saturated carbocycles. The van der Waals surface area contributed by atoms with Gasteiger partial charge in [0.1, 0.15) is 11.5 Å². The maximum Gasteiger partial charge on any atom is 0.227 e. The highest BCUT2D eigenvalue weighted by Crippen LogP contribution is 2.31. The zero-order chi connectivity index (χ0) is 15.5. The van der Waals surface area contributed by atoms with Crippen molar-refractivity contribution in [3.05, 3.63) is 23.8 Å². The number of carbonyl (C=O) groups is 1. The lowest BCUT2D eigenvalue weighted by Gasteiger charge is -2.37. The SMILES string of the molecule is COc1ccc(CC(=O)N2CCO[C@@H]3CCC[C@H]32)c(OC)c1. The van der Waals surface area contributed by atoms with Crippen LogP contribution in [0, 0.1) is 0 Å². The molecule has 3 rings (SSSR count). The first kappa shape index (κ1) is 15.2. The number of amides is 1. The molecule has 1 heterocycles. The summed E-state index contributed by atoms with van der Waals surface area (Å²) in [4.78, 5) is 14.7. The van der Waals surface area contributed by atoms with E-state index in [0.29, 0.717) is 25.3 Å². The van der Waals surface area contributed by atoms with E-state index in [1.54, 1.807) is 14.2 Å². The Balaban J connectivity index is 1.73. The predicted molar refractivity (Wildman–Crippen MR) is 82.3 cm³/mol. The third-order valence-corrected chi connectivity index (χ3v) is 4.64. The molecule has 1 amide bonds. The van der Waals surface area contributed by atoms with Gasteiger partial charge in [-0.1, -0.05) is 6.07 Å². The fourth-order valence-corrected chi connectivity index (χ4v) is 3.50. The van der Waals surface area contributed by atoms with Gasteiger partial charge in [0.15, 0.2) is 0 Å². The van der Waals surface area contributed by atoms with Crippen LogP contribution in [-0.2, 0) is 16.0 Å². The number of fused-ring (bicyclic) bond motifs is 1. The van der Waals surface area contributed by atoms with Crippen LogP contribution in [-0.4, -0.2) is 50.3 Å². The van der Waals surface area contributed by atoms with Crippen LogP contribution in [0.2, 0.25) is 0 Å². The van der Waals surface area contributed by atoms with Gasteiger partial charge in [0, 0.05) is 18.2 Å². The first-order valence-electron chi connectivity index (χ1n) is 7.85. The number of benzene rings is 1. The van der Waals surface area contributed by atoms with Gasteiger partial charge in [-0.05, 0) is 25.3 Å². The van der Waals surface area contributed by atoms with E-state index in [9.17, 15) is 4.79 Å². The molecule has 0 N–H and O–H groups in total. The molecule has 120 valence electrons. The van der Waals surface area contributed by atoms with Gasteiger partial charge in [0.2, 0.25) is 5.91 Å². The normalized spacial score (nSPS) is 24.0. The molecule has 5 nitrogen and oxygen atoms in total. The molecule has 22 heavy (non-hydrogen) atoms. The van der Waals surface area contributed by atoms with Gasteiger partial charge >= 0.3 is 0 Å². The zero-order valence-electron chi connectivity index (χ0n) is 13.2. The molecule has 0 aromatic heterocycles. The summed E-state index contributed by atoms with van der Waals surface area (Å²) in [5, 5.41) is 0. The average Bonchev–Trinajstić information content (AvgIpc) is 3.03. The largest absolute Gasteiger partial charge is 0.497 e. The number of rotatable bonds is 4. The Hall–Kier alpha value is -1.75. The number of nitrogens with zero attached hydrogens (tertiary/aromatic N) is 1. The molecule has 1 aromatic rings. The van der Waals surface area contributed by atoms with Crippen molar-refractivity contribution >= 4 is 5.91 Å². The lowest BCUT2D eigenvalue weighted by atomic mass is 10.1. The van der Waals surface area contributed by atoms with Crippen LogP contribution in [0.4, 0.5) is 0 Å². The van der Waals surface area contributed by atoms with Crippen molar-refractivity contribution in [2.75, 3.05) is 27.4 Å². The fraction of sp³-hybridized carbons (Fsp3) is 0.588. The number of carbonyl (C=O) groups excluding carboxylic acids is 1. The summed E-state index contributed by atoms with van der Waals surface area (Å²) in [7, 11) is 3.23. The smallest absolute Gasteiger partial charge is 0.227 e. The third kappa shape index (κ3) is 2.90. The maximum atomic E-state index is 12.7. The molecule has 0 spiro atoms. The van der Waals surface area contributed by atoms with Crippen molar-refractivity contribution in [1.82, 2.24) is 4.90 Å². The van der Waals surface area contributed by atoms with Crippen LogP contribution in [0.5, 0.6) is 11.5 Å². The summed E-state index contributed by atoms with van der Waals surface area (Å²) in [6, 6.07) is 5.84. The first-order chi connectivity index (χ1) is 10.7. The van der Waals surface area contributed by atoms with Crippen LogP contribution in [0.1, 0.15) is 24.8 Å². The summed E-state index contributed by atoms with van der Waals surface area (Å²) in [5.74, 6) is 1.59. The van der Waals surface area contributed by atoms with Crippen LogP contribution in [0.15, 0.2) is 18.2 Å². The van der Waals surface area contributed by atoms with Crippen LogP contribution in [0.25, 0.3) is 0 Å². The summed E-state index contributed by atoms with van der Waals surface area (Å²) in [6.45, 7) is 1.34. The molecule has 5 heteroatoms. The highest BCUT2D eigenvalue weighted by molar-refractivity contribution is 5.80. The second-order valence-electron chi connectivity index (χ2n) is 5.85. The van der Waals surface area contributed by atoms with Crippen molar-refractivity contribution in [2.24, 2.45) is 0 Å². The van der Waals surface area contributed by atoms with Gasteiger partial charge in [-0.25, -0.2) is 0 Å².